The summed E-state index contributed by atoms with van der Waals surface area (Å²) in [6.07, 6.45) is 1.70. The quantitative estimate of drug-likeness (QED) is 0.925. The molecule has 0 aliphatic carbocycles. The van der Waals surface area contributed by atoms with E-state index in [2.05, 4.69) is 26.2 Å². The molecule has 0 bridgehead atoms. The number of aryl methyl sites for hydroxylation is 1. The van der Waals surface area contributed by atoms with Crippen molar-refractivity contribution < 1.29 is 8.78 Å². The maximum Gasteiger partial charge on any atom is 0.140 e. The highest BCUT2D eigenvalue weighted by Crippen LogP contribution is 2.21. The fraction of sp³-hybridized carbons (Fsp3) is 0.154. The maximum absolute atomic E-state index is 13.4. The molecule has 1 aromatic carbocycles. The summed E-state index contributed by atoms with van der Waals surface area (Å²) in [7, 11) is 0. The van der Waals surface area contributed by atoms with Crippen LogP contribution in [-0.4, -0.2) is 4.98 Å². The monoisotopic (exact) mass is 312 g/mol. The number of halogens is 3. The van der Waals surface area contributed by atoms with Gasteiger partial charge in [0.15, 0.2) is 0 Å². The Balaban J connectivity index is 2.13. The number of rotatable bonds is 3. The van der Waals surface area contributed by atoms with Crippen LogP contribution in [0, 0.1) is 18.6 Å². The Labute approximate surface area is 112 Å². The Morgan fingerprint density at radius 3 is 2.78 bits per heavy atom. The summed E-state index contributed by atoms with van der Waals surface area (Å²) in [5.74, 6) is -0.291. The van der Waals surface area contributed by atoms with Gasteiger partial charge in [-0.1, -0.05) is 0 Å². The lowest BCUT2D eigenvalue weighted by molar-refractivity contribution is 0.587. The van der Waals surface area contributed by atoms with Gasteiger partial charge in [0.25, 0.3) is 0 Å². The largest absolute Gasteiger partial charge is 0.365 e. The number of nitrogens with zero attached hydrogens (tertiary/aromatic N) is 1. The third-order valence-corrected chi connectivity index (χ3v) is 3.04. The number of anilines is 1. The van der Waals surface area contributed by atoms with E-state index in [0.29, 0.717) is 5.82 Å². The Bertz CT molecular complexity index is 573. The van der Waals surface area contributed by atoms with Crippen LogP contribution in [0.15, 0.2) is 34.9 Å². The molecular weight excluding hydrogens is 302 g/mol. The molecule has 18 heavy (non-hydrogen) atoms. The van der Waals surface area contributed by atoms with Crippen LogP contribution in [0.2, 0.25) is 0 Å². The van der Waals surface area contributed by atoms with E-state index in [-0.39, 0.29) is 12.1 Å². The van der Waals surface area contributed by atoms with Gasteiger partial charge in [0, 0.05) is 18.3 Å². The Morgan fingerprint density at radius 1 is 1.28 bits per heavy atom. The van der Waals surface area contributed by atoms with Crippen LogP contribution in [0.4, 0.5) is 14.6 Å². The van der Waals surface area contributed by atoms with Crippen molar-refractivity contribution in [3.63, 3.8) is 0 Å². The third-order valence-electron chi connectivity index (χ3n) is 2.43. The molecule has 0 aliphatic heterocycles. The zero-order chi connectivity index (χ0) is 13.1. The van der Waals surface area contributed by atoms with Gasteiger partial charge in [-0.2, -0.15) is 0 Å². The van der Waals surface area contributed by atoms with Gasteiger partial charge in [-0.15, -0.1) is 0 Å². The maximum atomic E-state index is 13.4. The number of pyridine rings is 1. The van der Waals surface area contributed by atoms with Crippen LogP contribution >= 0.6 is 15.9 Å². The fourth-order valence-electron chi connectivity index (χ4n) is 1.52. The van der Waals surface area contributed by atoms with Gasteiger partial charge in [0.1, 0.15) is 17.5 Å². The Kier molecular flexibility index (Phi) is 3.91. The Hall–Kier alpha value is -1.49. The average molecular weight is 313 g/mol. The van der Waals surface area contributed by atoms with Crippen molar-refractivity contribution in [1.82, 2.24) is 4.98 Å². The average Bonchev–Trinajstić information content (AvgIpc) is 2.32. The molecule has 0 saturated carbocycles. The zero-order valence-electron chi connectivity index (χ0n) is 9.67. The van der Waals surface area contributed by atoms with E-state index in [9.17, 15) is 8.78 Å². The standard InChI is InChI=1S/C13H11BrF2N2/c1-8-4-11(14)13(17-6-8)18-7-9-5-10(15)2-3-12(9)16/h2-6H,7H2,1H3,(H,17,18). The zero-order valence-corrected chi connectivity index (χ0v) is 11.3. The molecule has 1 aromatic heterocycles. The highest BCUT2D eigenvalue weighted by atomic mass is 79.9. The van der Waals surface area contributed by atoms with Crippen molar-refractivity contribution in [1.29, 1.82) is 0 Å². The highest BCUT2D eigenvalue weighted by molar-refractivity contribution is 9.10. The van der Waals surface area contributed by atoms with Gasteiger partial charge < -0.3 is 5.32 Å². The molecule has 2 aromatic rings. The summed E-state index contributed by atoms with van der Waals surface area (Å²) in [6.45, 7) is 2.10. The van der Waals surface area contributed by atoms with Crippen molar-refractivity contribution in [3.8, 4) is 0 Å². The number of hydrogen-bond acceptors (Lipinski definition) is 2. The molecule has 0 atom stereocenters. The summed E-state index contributed by atoms with van der Waals surface area (Å²) >= 11 is 3.36. The molecule has 5 heteroatoms. The van der Waals surface area contributed by atoms with Gasteiger partial charge in [-0.05, 0) is 52.7 Å². The van der Waals surface area contributed by atoms with Crippen LogP contribution in [-0.2, 0) is 6.54 Å². The summed E-state index contributed by atoms with van der Waals surface area (Å²) < 4.78 is 27.2. The molecular formula is C13H11BrF2N2. The topological polar surface area (TPSA) is 24.9 Å². The summed E-state index contributed by atoms with van der Waals surface area (Å²) in [5.41, 5.74) is 1.29. The van der Waals surface area contributed by atoms with Crippen molar-refractivity contribution >= 4 is 21.7 Å². The second kappa shape index (κ2) is 5.44. The first-order valence-electron chi connectivity index (χ1n) is 5.36. The minimum atomic E-state index is -0.455. The lowest BCUT2D eigenvalue weighted by Crippen LogP contribution is -2.04. The number of nitrogens with one attached hydrogen (secondary N) is 1. The molecule has 94 valence electrons. The van der Waals surface area contributed by atoms with E-state index in [1.165, 1.54) is 6.07 Å². The van der Waals surface area contributed by atoms with Gasteiger partial charge >= 0.3 is 0 Å². The number of aromatic nitrogens is 1. The predicted octanol–water partition coefficient (Wildman–Crippen LogP) is 4.04. The molecule has 0 saturated heterocycles. The lowest BCUT2D eigenvalue weighted by atomic mass is 10.2. The molecule has 1 heterocycles. The number of hydrogen-bond donors (Lipinski definition) is 1. The summed E-state index contributed by atoms with van der Waals surface area (Å²) in [5, 5.41) is 2.96. The van der Waals surface area contributed by atoms with Crippen molar-refractivity contribution in [2.75, 3.05) is 5.32 Å². The van der Waals surface area contributed by atoms with Gasteiger partial charge in [-0.3, -0.25) is 0 Å². The van der Waals surface area contributed by atoms with Crippen LogP contribution in [0.1, 0.15) is 11.1 Å². The Morgan fingerprint density at radius 2 is 2.06 bits per heavy atom. The van der Waals surface area contributed by atoms with E-state index >= 15 is 0 Å². The predicted molar refractivity (Wildman–Crippen MR) is 70.4 cm³/mol. The van der Waals surface area contributed by atoms with Gasteiger partial charge in [0.2, 0.25) is 0 Å². The van der Waals surface area contributed by atoms with E-state index in [1.54, 1.807) is 6.20 Å². The van der Waals surface area contributed by atoms with Crippen LogP contribution in [0.25, 0.3) is 0 Å². The third kappa shape index (κ3) is 3.04. The second-order valence-electron chi connectivity index (χ2n) is 3.93. The first-order valence-corrected chi connectivity index (χ1v) is 6.15. The molecule has 0 aliphatic rings. The fourth-order valence-corrected chi connectivity index (χ4v) is 2.13. The molecule has 2 nitrogen and oxygen atoms in total. The SMILES string of the molecule is Cc1cnc(NCc2cc(F)ccc2F)c(Br)c1. The minimum Gasteiger partial charge on any atom is -0.365 e. The van der Waals surface area contributed by atoms with Crippen LogP contribution in [0.3, 0.4) is 0 Å². The molecule has 0 fully saturated rings. The molecule has 2 rings (SSSR count). The van der Waals surface area contributed by atoms with Crippen molar-refractivity contribution in [3.05, 3.63) is 57.7 Å². The normalized spacial score (nSPS) is 10.4. The van der Waals surface area contributed by atoms with E-state index in [1.807, 2.05) is 13.0 Å². The minimum absolute atomic E-state index is 0.179. The van der Waals surface area contributed by atoms with Crippen LogP contribution < -0.4 is 5.32 Å². The van der Waals surface area contributed by atoms with Crippen LogP contribution in [0.5, 0.6) is 0 Å². The molecule has 0 radical (unpaired) electrons. The van der Waals surface area contributed by atoms with E-state index in [4.69, 9.17) is 0 Å². The first-order chi connectivity index (χ1) is 8.56. The van der Waals surface area contributed by atoms with Crippen molar-refractivity contribution in [2.24, 2.45) is 0 Å². The highest BCUT2D eigenvalue weighted by Gasteiger charge is 2.06. The summed E-state index contributed by atoms with van der Waals surface area (Å²) in [6, 6.07) is 5.28. The smallest absolute Gasteiger partial charge is 0.140 e. The molecule has 0 amide bonds. The lowest BCUT2D eigenvalue weighted by Gasteiger charge is -2.09. The van der Waals surface area contributed by atoms with E-state index < -0.39 is 11.6 Å². The first kappa shape index (κ1) is 13.0. The number of benzene rings is 1. The molecule has 0 spiro atoms. The molecule has 1 N–H and O–H groups in total. The molecule has 0 unspecified atom stereocenters. The van der Waals surface area contributed by atoms with E-state index in [0.717, 1.165) is 22.2 Å². The van der Waals surface area contributed by atoms with Gasteiger partial charge in [-0.25, -0.2) is 13.8 Å². The van der Waals surface area contributed by atoms with Gasteiger partial charge in [0.05, 0.1) is 4.47 Å². The summed E-state index contributed by atoms with van der Waals surface area (Å²) in [4.78, 5) is 4.17. The van der Waals surface area contributed by atoms with Crippen molar-refractivity contribution in [2.45, 2.75) is 13.5 Å². The second-order valence-corrected chi connectivity index (χ2v) is 4.79.